The predicted molar refractivity (Wildman–Crippen MR) is 74.6 cm³/mol. The third-order valence-corrected chi connectivity index (χ3v) is 3.36. The number of ether oxygens (including phenoxy) is 1. The first kappa shape index (κ1) is 13.0. The normalized spacial score (nSPS) is 13.8. The summed E-state index contributed by atoms with van der Waals surface area (Å²) in [6.07, 6.45) is 0. The van der Waals surface area contributed by atoms with Crippen LogP contribution < -0.4 is 9.64 Å². The van der Waals surface area contributed by atoms with Gasteiger partial charge in [0.05, 0.1) is 17.9 Å². The van der Waals surface area contributed by atoms with Crippen LogP contribution in [0.2, 0.25) is 5.02 Å². The molecule has 5 nitrogen and oxygen atoms in total. The van der Waals surface area contributed by atoms with E-state index in [1.165, 1.54) is 0 Å². The zero-order chi connectivity index (χ0) is 14.3. The highest BCUT2D eigenvalue weighted by molar-refractivity contribution is 6.31. The summed E-state index contributed by atoms with van der Waals surface area (Å²) in [7, 11) is 0. The molecule has 1 aromatic carbocycles. The van der Waals surface area contributed by atoms with Crippen molar-refractivity contribution in [3.05, 3.63) is 40.6 Å². The molecule has 0 aliphatic carbocycles. The topological polar surface area (TPSA) is 55.6 Å². The Morgan fingerprint density at radius 2 is 2.20 bits per heavy atom. The van der Waals surface area contributed by atoms with Crippen molar-refractivity contribution in [1.29, 1.82) is 0 Å². The Morgan fingerprint density at radius 1 is 1.40 bits per heavy atom. The molecule has 1 aliphatic heterocycles. The highest BCUT2D eigenvalue weighted by Crippen LogP contribution is 2.35. The molecule has 0 spiro atoms. The first-order valence-corrected chi connectivity index (χ1v) is 6.62. The summed E-state index contributed by atoms with van der Waals surface area (Å²) in [6.45, 7) is 4.36. The maximum absolute atomic E-state index is 12.6. The quantitative estimate of drug-likeness (QED) is 0.811. The largest absolute Gasteiger partial charge is 0.490 e. The van der Waals surface area contributed by atoms with Gasteiger partial charge in [0, 0.05) is 11.9 Å². The molecule has 6 heteroatoms. The standard InChI is InChI=1S/C14H13ClN2O3/c1-8-13(20-9(2)16-8)14(18)17-5-6-19-12-4-3-10(15)7-11(12)17/h3-4,7H,5-6H2,1-2H3. The number of carbonyl (C=O) groups excluding carboxylic acids is 1. The summed E-state index contributed by atoms with van der Waals surface area (Å²) in [5, 5.41) is 0.553. The first-order chi connectivity index (χ1) is 9.56. The van der Waals surface area contributed by atoms with Crippen molar-refractivity contribution < 1.29 is 13.9 Å². The summed E-state index contributed by atoms with van der Waals surface area (Å²) in [6, 6.07) is 5.21. The lowest BCUT2D eigenvalue weighted by Crippen LogP contribution is -2.38. The number of fused-ring (bicyclic) bond motifs is 1. The summed E-state index contributed by atoms with van der Waals surface area (Å²) in [5.41, 5.74) is 1.24. The van der Waals surface area contributed by atoms with Crippen molar-refractivity contribution in [3.8, 4) is 5.75 Å². The van der Waals surface area contributed by atoms with Crippen LogP contribution in [0.1, 0.15) is 22.1 Å². The lowest BCUT2D eigenvalue weighted by atomic mass is 10.2. The van der Waals surface area contributed by atoms with Gasteiger partial charge in [-0.25, -0.2) is 4.98 Å². The SMILES string of the molecule is Cc1nc(C)c(C(=O)N2CCOc3ccc(Cl)cc32)o1. The van der Waals surface area contributed by atoms with Crippen LogP contribution in [0.3, 0.4) is 0 Å². The molecular formula is C14H13ClN2O3. The Morgan fingerprint density at radius 3 is 2.90 bits per heavy atom. The second kappa shape index (κ2) is 4.83. The highest BCUT2D eigenvalue weighted by Gasteiger charge is 2.28. The summed E-state index contributed by atoms with van der Waals surface area (Å²) < 4.78 is 10.9. The molecule has 1 aliphatic rings. The average Bonchev–Trinajstić information content (AvgIpc) is 2.76. The number of nitrogens with zero attached hydrogens (tertiary/aromatic N) is 2. The number of aryl methyl sites for hydroxylation is 2. The third kappa shape index (κ3) is 2.14. The number of aromatic nitrogens is 1. The fourth-order valence-electron chi connectivity index (χ4n) is 2.25. The van der Waals surface area contributed by atoms with Crippen LogP contribution in [0.5, 0.6) is 5.75 Å². The molecule has 0 fully saturated rings. The van der Waals surface area contributed by atoms with Gasteiger partial charge in [0.25, 0.3) is 5.91 Å². The fourth-order valence-corrected chi connectivity index (χ4v) is 2.42. The van der Waals surface area contributed by atoms with Crippen LogP contribution in [0.4, 0.5) is 5.69 Å². The van der Waals surface area contributed by atoms with Crippen LogP contribution in [0, 0.1) is 13.8 Å². The van der Waals surface area contributed by atoms with Crippen molar-refractivity contribution in [1.82, 2.24) is 4.98 Å². The van der Waals surface area contributed by atoms with Gasteiger partial charge in [-0.2, -0.15) is 0 Å². The van der Waals surface area contributed by atoms with Gasteiger partial charge in [0.15, 0.2) is 5.89 Å². The number of rotatable bonds is 1. The van der Waals surface area contributed by atoms with Gasteiger partial charge in [-0.1, -0.05) is 11.6 Å². The van der Waals surface area contributed by atoms with Crippen molar-refractivity contribution in [2.24, 2.45) is 0 Å². The molecule has 0 saturated carbocycles. The van der Waals surface area contributed by atoms with E-state index in [1.807, 2.05) is 0 Å². The van der Waals surface area contributed by atoms with E-state index in [-0.39, 0.29) is 11.7 Å². The number of oxazole rings is 1. The number of carbonyl (C=O) groups is 1. The van der Waals surface area contributed by atoms with Crippen LogP contribution in [-0.2, 0) is 0 Å². The van der Waals surface area contributed by atoms with E-state index in [2.05, 4.69) is 4.98 Å². The highest BCUT2D eigenvalue weighted by atomic mass is 35.5. The second-order valence-corrected chi connectivity index (χ2v) is 5.00. The van der Waals surface area contributed by atoms with E-state index in [1.54, 1.807) is 36.9 Å². The van der Waals surface area contributed by atoms with Crippen molar-refractivity contribution in [2.75, 3.05) is 18.1 Å². The van der Waals surface area contributed by atoms with Gasteiger partial charge in [0.1, 0.15) is 12.4 Å². The monoisotopic (exact) mass is 292 g/mol. The minimum Gasteiger partial charge on any atom is -0.490 e. The predicted octanol–water partition coefficient (Wildman–Crippen LogP) is 2.98. The molecule has 2 aromatic rings. The van der Waals surface area contributed by atoms with E-state index in [0.717, 1.165) is 0 Å². The van der Waals surface area contributed by atoms with Gasteiger partial charge < -0.3 is 9.15 Å². The molecule has 3 rings (SSSR count). The number of hydrogen-bond acceptors (Lipinski definition) is 4. The van der Waals surface area contributed by atoms with Crippen LogP contribution in [-0.4, -0.2) is 24.0 Å². The molecule has 0 radical (unpaired) electrons. The van der Waals surface area contributed by atoms with Crippen LogP contribution in [0.15, 0.2) is 22.6 Å². The Labute approximate surface area is 121 Å². The molecule has 0 saturated heterocycles. The van der Waals surface area contributed by atoms with Gasteiger partial charge in [-0.15, -0.1) is 0 Å². The zero-order valence-electron chi connectivity index (χ0n) is 11.1. The maximum Gasteiger partial charge on any atom is 0.296 e. The smallest absolute Gasteiger partial charge is 0.296 e. The molecule has 0 atom stereocenters. The number of anilines is 1. The van der Waals surface area contributed by atoms with Gasteiger partial charge >= 0.3 is 0 Å². The number of amides is 1. The lowest BCUT2D eigenvalue weighted by Gasteiger charge is -2.29. The van der Waals surface area contributed by atoms with Crippen LogP contribution >= 0.6 is 11.6 Å². The van der Waals surface area contributed by atoms with Gasteiger partial charge in [-0.3, -0.25) is 9.69 Å². The molecule has 104 valence electrons. The zero-order valence-corrected chi connectivity index (χ0v) is 11.9. The average molecular weight is 293 g/mol. The Hall–Kier alpha value is -2.01. The van der Waals surface area contributed by atoms with Gasteiger partial charge in [-0.05, 0) is 25.1 Å². The van der Waals surface area contributed by atoms with E-state index < -0.39 is 0 Å². The fraction of sp³-hybridized carbons (Fsp3) is 0.286. The first-order valence-electron chi connectivity index (χ1n) is 6.24. The Balaban J connectivity index is 2.02. The van der Waals surface area contributed by atoms with Crippen molar-refractivity contribution in [3.63, 3.8) is 0 Å². The second-order valence-electron chi connectivity index (χ2n) is 4.56. The van der Waals surface area contributed by atoms with E-state index >= 15 is 0 Å². The summed E-state index contributed by atoms with van der Waals surface area (Å²) >= 11 is 6.00. The van der Waals surface area contributed by atoms with Gasteiger partial charge in [0.2, 0.25) is 5.76 Å². The lowest BCUT2D eigenvalue weighted by molar-refractivity contribution is 0.0947. The number of benzene rings is 1. The van der Waals surface area contributed by atoms with Crippen LogP contribution in [0.25, 0.3) is 0 Å². The molecule has 0 unspecified atom stereocenters. The number of halogens is 1. The Bertz CT molecular complexity index is 681. The summed E-state index contributed by atoms with van der Waals surface area (Å²) in [4.78, 5) is 18.3. The Kier molecular flexibility index (Phi) is 3.14. The van der Waals surface area contributed by atoms with E-state index in [4.69, 9.17) is 20.8 Å². The molecule has 2 heterocycles. The molecule has 0 N–H and O–H groups in total. The minimum atomic E-state index is -0.227. The molecule has 20 heavy (non-hydrogen) atoms. The summed E-state index contributed by atoms with van der Waals surface area (Å²) in [5.74, 6) is 1.15. The molecule has 0 bridgehead atoms. The number of hydrogen-bond donors (Lipinski definition) is 0. The third-order valence-electron chi connectivity index (χ3n) is 3.13. The molecule has 1 amide bonds. The van der Waals surface area contributed by atoms with Crippen molar-refractivity contribution in [2.45, 2.75) is 13.8 Å². The molecular weight excluding hydrogens is 280 g/mol. The van der Waals surface area contributed by atoms with E-state index in [0.29, 0.717) is 41.2 Å². The minimum absolute atomic E-state index is 0.227. The van der Waals surface area contributed by atoms with Crippen molar-refractivity contribution >= 4 is 23.2 Å². The molecule has 1 aromatic heterocycles. The van der Waals surface area contributed by atoms with E-state index in [9.17, 15) is 4.79 Å². The maximum atomic E-state index is 12.6.